The van der Waals surface area contributed by atoms with Crippen molar-refractivity contribution >= 4 is 11.6 Å². The van der Waals surface area contributed by atoms with Crippen molar-refractivity contribution in [2.45, 2.75) is 12.8 Å². The third-order valence-electron chi connectivity index (χ3n) is 3.52. The van der Waals surface area contributed by atoms with E-state index in [1.165, 1.54) is 0 Å². The molecule has 0 bridgehead atoms. The number of piperidine rings is 1. The maximum Gasteiger partial charge on any atom is 0.227 e. The molecule has 2 aliphatic heterocycles. The zero-order valence-electron chi connectivity index (χ0n) is 10.8. The standard InChI is InChI=1S/C14H18N2O3/c17-14(10-3-5-15-6-4-10)16-11-1-2-12-13(9-11)19-8-7-18-12/h1-2,9-10,15H,3-8H2,(H,16,17). The summed E-state index contributed by atoms with van der Waals surface area (Å²) in [6, 6.07) is 5.52. The van der Waals surface area contributed by atoms with Crippen LogP contribution in [0.1, 0.15) is 12.8 Å². The Morgan fingerprint density at radius 3 is 2.68 bits per heavy atom. The zero-order valence-corrected chi connectivity index (χ0v) is 10.8. The minimum Gasteiger partial charge on any atom is -0.486 e. The Bertz CT molecular complexity index is 470. The number of hydrogen-bond acceptors (Lipinski definition) is 4. The number of anilines is 1. The Kier molecular flexibility index (Phi) is 3.55. The van der Waals surface area contributed by atoms with E-state index >= 15 is 0 Å². The number of benzene rings is 1. The van der Waals surface area contributed by atoms with Crippen LogP contribution in [0, 0.1) is 5.92 Å². The summed E-state index contributed by atoms with van der Waals surface area (Å²) in [5.41, 5.74) is 0.771. The van der Waals surface area contributed by atoms with Gasteiger partial charge in [0.1, 0.15) is 13.2 Å². The average molecular weight is 262 g/mol. The Morgan fingerprint density at radius 2 is 1.89 bits per heavy atom. The molecule has 1 aromatic carbocycles. The van der Waals surface area contributed by atoms with E-state index in [0.717, 1.165) is 37.4 Å². The first-order valence-electron chi connectivity index (χ1n) is 6.74. The SMILES string of the molecule is O=C(Nc1ccc2c(c1)OCCO2)C1CCNCC1. The van der Waals surface area contributed by atoms with E-state index < -0.39 is 0 Å². The molecule has 0 aromatic heterocycles. The summed E-state index contributed by atoms with van der Waals surface area (Å²) in [7, 11) is 0. The van der Waals surface area contributed by atoms with Crippen LogP contribution in [0.25, 0.3) is 0 Å². The number of rotatable bonds is 2. The van der Waals surface area contributed by atoms with Gasteiger partial charge in [-0.3, -0.25) is 4.79 Å². The molecule has 0 unspecified atom stereocenters. The number of amides is 1. The van der Waals surface area contributed by atoms with E-state index in [1.807, 2.05) is 18.2 Å². The third-order valence-corrected chi connectivity index (χ3v) is 3.52. The van der Waals surface area contributed by atoms with Gasteiger partial charge in [0.25, 0.3) is 0 Å². The molecule has 5 heteroatoms. The van der Waals surface area contributed by atoms with Gasteiger partial charge in [-0.15, -0.1) is 0 Å². The average Bonchev–Trinajstić information content (AvgIpc) is 2.48. The normalized spacial score (nSPS) is 18.9. The number of nitrogens with one attached hydrogen (secondary N) is 2. The topological polar surface area (TPSA) is 59.6 Å². The molecule has 2 aliphatic rings. The smallest absolute Gasteiger partial charge is 0.227 e. The van der Waals surface area contributed by atoms with Crippen molar-refractivity contribution in [3.8, 4) is 11.5 Å². The Morgan fingerprint density at radius 1 is 1.16 bits per heavy atom. The van der Waals surface area contributed by atoms with Gasteiger partial charge in [0, 0.05) is 17.7 Å². The van der Waals surface area contributed by atoms with E-state index in [2.05, 4.69) is 10.6 Å². The van der Waals surface area contributed by atoms with E-state index in [1.54, 1.807) is 0 Å². The van der Waals surface area contributed by atoms with Crippen LogP contribution in [0.3, 0.4) is 0 Å². The third kappa shape index (κ3) is 2.81. The predicted molar refractivity (Wildman–Crippen MR) is 71.7 cm³/mol. The van der Waals surface area contributed by atoms with Gasteiger partial charge in [-0.05, 0) is 38.1 Å². The minimum absolute atomic E-state index is 0.0955. The summed E-state index contributed by atoms with van der Waals surface area (Å²) >= 11 is 0. The van der Waals surface area contributed by atoms with Gasteiger partial charge in [0.2, 0.25) is 5.91 Å². The van der Waals surface area contributed by atoms with Crippen molar-refractivity contribution < 1.29 is 14.3 Å². The lowest BCUT2D eigenvalue weighted by molar-refractivity contribution is -0.120. The molecule has 5 nitrogen and oxygen atoms in total. The quantitative estimate of drug-likeness (QED) is 0.845. The molecule has 3 rings (SSSR count). The van der Waals surface area contributed by atoms with E-state index in [4.69, 9.17) is 9.47 Å². The van der Waals surface area contributed by atoms with Gasteiger partial charge in [-0.2, -0.15) is 0 Å². The van der Waals surface area contributed by atoms with Crippen molar-refractivity contribution in [2.24, 2.45) is 5.92 Å². The van der Waals surface area contributed by atoms with Gasteiger partial charge >= 0.3 is 0 Å². The van der Waals surface area contributed by atoms with Crippen molar-refractivity contribution in [1.29, 1.82) is 0 Å². The lowest BCUT2D eigenvalue weighted by Crippen LogP contribution is -2.34. The van der Waals surface area contributed by atoms with Crippen LogP contribution in [-0.4, -0.2) is 32.2 Å². The molecule has 1 saturated heterocycles. The minimum atomic E-state index is 0.0955. The first-order chi connectivity index (χ1) is 9.33. The van der Waals surface area contributed by atoms with E-state index in [0.29, 0.717) is 19.0 Å². The van der Waals surface area contributed by atoms with Crippen LogP contribution in [0.15, 0.2) is 18.2 Å². The first kappa shape index (κ1) is 12.3. The molecule has 0 radical (unpaired) electrons. The number of hydrogen-bond donors (Lipinski definition) is 2. The second kappa shape index (κ2) is 5.48. The van der Waals surface area contributed by atoms with Gasteiger partial charge in [0.15, 0.2) is 11.5 Å². The van der Waals surface area contributed by atoms with Gasteiger partial charge < -0.3 is 20.1 Å². The molecular weight excluding hydrogens is 244 g/mol. The maximum atomic E-state index is 12.1. The summed E-state index contributed by atoms with van der Waals surface area (Å²) in [5.74, 6) is 1.65. The molecule has 1 fully saturated rings. The second-order valence-corrected chi connectivity index (χ2v) is 4.87. The van der Waals surface area contributed by atoms with Crippen LogP contribution in [0.4, 0.5) is 5.69 Å². The fourth-order valence-corrected chi connectivity index (χ4v) is 2.45. The van der Waals surface area contributed by atoms with Crippen molar-refractivity contribution in [3.63, 3.8) is 0 Å². The second-order valence-electron chi connectivity index (χ2n) is 4.87. The number of fused-ring (bicyclic) bond motifs is 1. The van der Waals surface area contributed by atoms with Crippen LogP contribution < -0.4 is 20.1 Å². The highest BCUT2D eigenvalue weighted by atomic mass is 16.6. The molecule has 1 amide bonds. The molecule has 0 spiro atoms. The summed E-state index contributed by atoms with van der Waals surface area (Å²) in [4.78, 5) is 12.1. The highest BCUT2D eigenvalue weighted by molar-refractivity contribution is 5.93. The molecule has 102 valence electrons. The molecule has 0 saturated carbocycles. The fraction of sp³-hybridized carbons (Fsp3) is 0.500. The van der Waals surface area contributed by atoms with Crippen LogP contribution in [0.2, 0.25) is 0 Å². The Labute approximate surface area is 112 Å². The number of carbonyl (C=O) groups excluding carboxylic acids is 1. The molecule has 19 heavy (non-hydrogen) atoms. The Balaban J connectivity index is 1.67. The lowest BCUT2D eigenvalue weighted by atomic mass is 9.97. The van der Waals surface area contributed by atoms with Crippen molar-refractivity contribution in [3.05, 3.63) is 18.2 Å². The van der Waals surface area contributed by atoms with E-state index in [-0.39, 0.29) is 11.8 Å². The zero-order chi connectivity index (χ0) is 13.1. The summed E-state index contributed by atoms with van der Waals surface area (Å²) < 4.78 is 11.0. The van der Waals surface area contributed by atoms with Crippen LogP contribution in [0.5, 0.6) is 11.5 Å². The number of ether oxygens (including phenoxy) is 2. The molecule has 0 aliphatic carbocycles. The number of carbonyl (C=O) groups is 1. The molecular formula is C14H18N2O3. The summed E-state index contributed by atoms with van der Waals surface area (Å²) in [5, 5.41) is 6.22. The molecule has 2 heterocycles. The Hall–Kier alpha value is -1.75. The van der Waals surface area contributed by atoms with Crippen molar-refractivity contribution in [2.75, 3.05) is 31.6 Å². The van der Waals surface area contributed by atoms with Crippen LogP contribution in [-0.2, 0) is 4.79 Å². The largest absolute Gasteiger partial charge is 0.486 e. The van der Waals surface area contributed by atoms with Gasteiger partial charge in [-0.1, -0.05) is 0 Å². The summed E-state index contributed by atoms with van der Waals surface area (Å²) in [6.45, 7) is 2.96. The predicted octanol–water partition coefficient (Wildman–Crippen LogP) is 1.40. The van der Waals surface area contributed by atoms with Crippen molar-refractivity contribution in [1.82, 2.24) is 5.32 Å². The van der Waals surface area contributed by atoms with Gasteiger partial charge in [-0.25, -0.2) is 0 Å². The molecule has 0 atom stereocenters. The fourth-order valence-electron chi connectivity index (χ4n) is 2.45. The van der Waals surface area contributed by atoms with Gasteiger partial charge in [0.05, 0.1) is 0 Å². The lowest BCUT2D eigenvalue weighted by Gasteiger charge is -2.22. The molecule has 2 N–H and O–H groups in total. The highest BCUT2D eigenvalue weighted by Gasteiger charge is 2.21. The van der Waals surface area contributed by atoms with E-state index in [9.17, 15) is 4.79 Å². The summed E-state index contributed by atoms with van der Waals surface area (Å²) in [6.07, 6.45) is 1.80. The molecule has 1 aromatic rings. The maximum absolute atomic E-state index is 12.1. The monoisotopic (exact) mass is 262 g/mol. The highest BCUT2D eigenvalue weighted by Crippen LogP contribution is 2.32. The first-order valence-corrected chi connectivity index (χ1v) is 6.74. The van der Waals surface area contributed by atoms with Crippen LogP contribution >= 0.6 is 0 Å².